The zero-order chi connectivity index (χ0) is 14.0. The van der Waals surface area contributed by atoms with E-state index in [1.807, 2.05) is 49.6 Å². The van der Waals surface area contributed by atoms with Crippen LogP contribution in [0.2, 0.25) is 0 Å². The van der Waals surface area contributed by atoms with Gasteiger partial charge < -0.3 is 10.5 Å². The summed E-state index contributed by atoms with van der Waals surface area (Å²) in [6.07, 6.45) is 0. The van der Waals surface area contributed by atoms with Crippen molar-refractivity contribution in [2.45, 2.75) is 20.8 Å². The lowest BCUT2D eigenvalue weighted by atomic mass is 10.2. The summed E-state index contributed by atoms with van der Waals surface area (Å²) in [4.78, 5) is 0. The molecule has 2 rings (SSSR count). The summed E-state index contributed by atoms with van der Waals surface area (Å²) < 4.78 is 7.38. The Kier molecular flexibility index (Phi) is 3.48. The number of nitrogens with two attached hydrogens (primary N) is 1. The Morgan fingerprint density at radius 3 is 2.68 bits per heavy atom. The van der Waals surface area contributed by atoms with Crippen LogP contribution in [-0.4, -0.2) is 11.2 Å². The van der Waals surface area contributed by atoms with E-state index in [2.05, 4.69) is 6.07 Å². The Morgan fingerprint density at radius 1 is 1.37 bits per heavy atom. The summed E-state index contributed by atoms with van der Waals surface area (Å²) in [6, 6.07) is 9.85. The molecule has 1 aromatic carbocycles. The number of nitrogen functional groups attached to an aromatic ring is 1. The lowest BCUT2D eigenvalue weighted by Crippen LogP contribution is -2.03. The molecule has 0 bridgehead atoms. The van der Waals surface area contributed by atoms with Crippen molar-refractivity contribution in [3.05, 3.63) is 41.1 Å². The molecule has 4 nitrogen and oxygen atoms in total. The Hall–Kier alpha value is -2.41. The average molecular weight is 255 g/mol. The first-order chi connectivity index (χ1) is 9.10. The smallest absolute Gasteiger partial charge is 0.126 e. The highest BCUT2D eigenvalue weighted by Gasteiger charge is 2.16. The van der Waals surface area contributed by atoms with Gasteiger partial charge in [0.15, 0.2) is 0 Å². The van der Waals surface area contributed by atoms with E-state index in [0.29, 0.717) is 18.0 Å². The van der Waals surface area contributed by atoms with Crippen molar-refractivity contribution < 1.29 is 4.74 Å². The van der Waals surface area contributed by atoms with Gasteiger partial charge in [0.2, 0.25) is 0 Å². The number of aromatic nitrogens is 1. The Balaban J connectivity index is 2.60. The molecule has 0 aliphatic heterocycles. The third-order valence-corrected chi connectivity index (χ3v) is 3.25. The van der Waals surface area contributed by atoms with Crippen LogP contribution in [0.3, 0.4) is 0 Å². The molecule has 0 spiro atoms. The van der Waals surface area contributed by atoms with Crippen molar-refractivity contribution >= 4 is 5.82 Å². The van der Waals surface area contributed by atoms with E-state index in [1.54, 1.807) is 0 Å². The molecule has 2 N–H and O–H groups in total. The predicted molar refractivity (Wildman–Crippen MR) is 75.5 cm³/mol. The maximum Gasteiger partial charge on any atom is 0.126 e. The second kappa shape index (κ2) is 5.07. The Bertz CT molecular complexity index is 650. The number of anilines is 1. The van der Waals surface area contributed by atoms with E-state index in [0.717, 1.165) is 22.7 Å². The summed E-state index contributed by atoms with van der Waals surface area (Å²) in [5, 5.41) is 9.15. The molecule has 98 valence electrons. The fraction of sp³-hybridized carbons (Fsp3) is 0.267. The first kappa shape index (κ1) is 13.0. The van der Waals surface area contributed by atoms with Crippen LogP contribution in [0.4, 0.5) is 5.82 Å². The number of nitrogens with zero attached hydrogens (tertiary/aromatic N) is 2. The summed E-state index contributed by atoms with van der Waals surface area (Å²) in [5.74, 6) is 1.27. The Morgan fingerprint density at radius 2 is 2.11 bits per heavy atom. The molecule has 0 aliphatic carbocycles. The standard InChI is InChI=1S/C15H17N3O/c1-4-19-13-7-5-6-12(8-13)18-11(3)10(2)14(9-16)15(18)17/h5-8H,4,17H2,1-3H3. The normalized spacial score (nSPS) is 10.2. The fourth-order valence-corrected chi connectivity index (χ4v) is 2.19. The molecule has 0 atom stereocenters. The SMILES string of the molecule is CCOc1cccc(-n2c(C)c(C)c(C#N)c2N)c1. The van der Waals surface area contributed by atoms with Gasteiger partial charge in [-0.05, 0) is 38.5 Å². The fourth-order valence-electron chi connectivity index (χ4n) is 2.19. The average Bonchev–Trinajstić information content (AvgIpc) is 2.61. The first-order valence-corrected chi connectivity index (χ1v) is 6.20. The molecule has 0 unspecified atom stereocenters. The number of ether oxygens (including phenoxy) is 1. The van der Waals surface area contributed by atoms with Crippen LogP contribution in [0.1, 0.15) is 23.7 Å². The molecular formula is C15H17N3O. The second-order valence-electron chi connectivity index (χ2n) is 4.35. The van der Waals surface area contributed by atoms with Gasteiger partial charge in [-0.15, -0.1) is 0 Å². The van der Waals surface area contributed by atoms with Gasteiger partial charge in [-0.3, -0.25) is 4.57 Å². The molecule has 1 aromatic heterocycles. The number of hydrogen-bond acceptors (Lipinski definition) is 3. The van der Waals surface area contributed by atoms with Crippen molar-refractivity contribution in [2.24, 2.45) is 0 Å². The number of nitriles is 1. The van der Waals surface area contributed by atoms with E-state index in [-0.39, 0.29) is 0 Å². The van der Waals surface area contributed by atoms with E-state index in [4.69, 9.17) is 15.7 Å². The van der Waals surface area contributed by atoms with Gasteiger partial charge in [-0.25, -0.2) is 0 Å². The lowest BCUT2D eigenvalue weighted by molar-refractivity contribution is 0.340. The maximum atomic E-state index is 9.15. The van der Waals surface area contributed by atoms with Gasteiger partial charge in [0, 0.05) is 11.8 Å². The monoisotopic (exact) mass is 255 g/mol. The van der Waals surface area contributed by atoms with Gasteiger partial charge in [-0.1, -0.05) is 6.07 Å². The first-order valence-electron chi connectivity index (χ1n) is 6.20. The van der Waals surface area contributed by atoms with Gasteiger partial charge in [0.05, 0.1) is 17.9 Å². The van der Waals surface area contributed by atoms with Crippen molar-refractivity contribution in [1.82, 2.24) is 4.57 Å². The minimum Gasteiger partial charge on any atom is -0.494 e. The Labute approximate surface area is 113 Å². The minimum absolute atomic E-state index is 0.478. The van der Waals surface area contributed by atoms with Crippen LogP contribution in [0.15, 0.2) is 24.3 Å². The summed E-state index contributed by atoms with van der Waals surface area (Å²) in [7, 11) is 0. The molecule has 0 saturated carbocycles. The van der Waals surface area contributed by atoms with Crippen LogP contribution in [0, 0.1) is 25.2 Å². The largest absolute Gasteiger partial charge is 0.494 e. The highest BCUT2D eigenvalue weighted by molar-refractivity contribution is 5.62. The summed E-state index contributed by atoms with van der Waals surface area (Å²) in [5.41, 5.74) is 9.41. The second-order valence-corrected chi connectivity index (χ2v) is 4.35. The van der Waals surface area contributed by atoms with E-state index >= 15 is 0 Å². The maximum absolute atomic E-state index is 9.15. The van der Waals surface area contributed by atoms with Gasteiger partial charge in [-0.2, -0.15) is 5.26 Å². The van der Waals surface area contributed by atoms with Crippen LogP contribution in [0.5, 0.6) is 5.75 Å². The summed E-state index contributed by atoms with van der Waals surface area (Å²) >= 11 is 0. The molecule has 0 amide bonds. The quantitative estimate of drug-likeness (QED) is 0.917. The number of rotatable bonds is 3. The highest BCUT2D eigenvalue weighted by atomic mass is 16.5. The minimum atomic E-state index is 0.478. The summed E-state index contributed by atoms with van der Waals surface area (Å²) in [6.45, 7) is 6.43. The van der Waals surface area contributed by atoms with Crippen molar-refractivity contribution in [1.29, 1.82) is 5.26 Å². The molecule has 4 heteroatoms. The molecule has 1 heterocycles. The molecule has 0 fully saturated rings. The van der Waals surface area contributed by atoms with Crippen LogP contribution in [0.25, 0.3) is 5.69 Å². The van der Waals surface area contributed by atoms with E-state index in [9.17, 15) is 0 Å². The molecule has 0 aliphatic rings. The molecular weight excluding hydrogens is 238 g/mol. The van der Waals surface area contributed by atoms with Gasteiger partial charge in [0.1, 0.15) is 17.6 Å². The van der Waals surface area contributed by atoms with Crippen LogP contribution < -0.4 is 10.5 Å². The van der Waals surface area contributed by atoms with Crippen molar-refractivity contribution in [3.8, 4) is 17.5 Å². The zero-order valence-corrected chi connectivity index (χ0v) is 11.4. The van der Waals surface area contributed by atoms with Gasteiger partial charge >= 0.3 is 0 Å². The number of benzene rings is 1. The zero-order valence-electron chi connectivity index (χ0n) is 11.4. The number of hydrogen-bond donors (Lipinski definition) is 1. The van der Waals surface area contributed by atoms with Crippen molar-refractivity contribution in [3.63, 3.8) is 0 Å². The molecule has 0 radical (unpaired) electrons. The topological polar surface area (TPSA) is 64.0 Å². The third-order valence-electron chi connectivity index (χ3n) is 3.25. The molecule has 19 heavy (non-hydrogen) atoms. The van der Waals surface area contributed by atoms with Crippen LogP contribution in [-0.2, 0) is 0 Å². The molecule has 2 aromatic rings. The highest BCUT2D eigenvalue weighted by Crippen LogP contribution is 2.28. The molecule has 0 saturated heterocycles. The van der Waals surface area contributed by atoms with Gasteiger partial charge in [0.25, 0.3) is 0 Å². The van der Waals surface area contributed by atoms with Crippen LogP contribution >= 0.6 is 0 Å². The van der Waals surface area contributed by atoms with Crippen molar-refractivity contribution in [2.75, 3.05) is 12.3 Å². The lowest BCUT2D eigenvalue weighted by Gasteiger charge is -2.11. The predicted octanol–water partition coefficient (Wildman–Crippen LogP) is 2.95. The van der Waals surface area contributed by atoms with E-state index < -0.39 is 0 Å². The van der Waals surface area contributed by atoms with E-state index in [1.165, 1.54) is 0 Å². The third kappa shape index (κ3) is 2.15.